The van der Waals surface area contributed by atoms with Crippen molar-refractivity contribution in [2.45, 2.75) is 11.8 Å². The second-order valence-corrected chi connectivity index (χ2v) is 10.1. The zero-order valence-corrected chi connectivity index (χ0v) is 21.7. The first kappa shape index (κ1) is 26.4. The number of benzene rings is 4. The van der Waals surface area contributed by atoms with E-state index < -0.39 is 26.7 Å². The van der Waals surface area contributed by atoms with Gasteiger partial charge in [0.05, 0.1) is 17.7 Å². The molecule has 4 aromatic carbocycles. The van der Waals surface area contributed by atoms with Crippen molar-refractivity contribution < 1.29 is 27.6 Å². The first-order chi connectivity index (χ1) is 17.5. The van der Waals surface area contributed by atoms with Crippen LogP contribution in [0.3, 0.4) is 0 Å². The van der Waals surface area contributed by atoms with Gasteiger partial charge in [-0.25, -0.2) is 0 Å². The minimum Gasteiger partial charge on any atom is -0.505 e. The average Bonchev–Trinajstić information content (AvgIpc) is 2.83. The van der Waals surface area contributed by atoms with Gasteiger partial charge in [-0.3, -0.25) is 9.35 Å². The van der Waals surface area contributed by atoms with Crippen molar-refractivity contribution in [2.24, 2.45) is 10.2 Å². The van der Waals surface area contributed by atoms with Crippen LogP contribution in [0.1, 0.15) is 15.9 Å². The summed E-state index contributed by atoms with van der Waals surface area (Å²) >= 11 is 12.2. The number of methoxy groups -OCH3 is 1. The summed E-state index contributed by atoms with van der Waals surface area (Å²) in [6, 6.07) is 15.7. The van der Waals surface area contributed by atoms with Crippen molar-refractivity contribution in [3.05, 3.63) is 81.8 Å². The minimum atomic E-state index is -4.74. The average molecular weight is 560 g/mol. The number of rotatable bonds is 6. The standard InChI is InChI=1S/C25H19Cl2N3O6S/c1-13-7-8-20(24(21(13)27)37(33,34)35)29-30-22-18-6-4-3-5-14(18)9-19(23(22)31)25(32)28-16-10-15(26)11-17(12-16)36-2/h3-12,31H,1-2H3,(H,28,32)(H,33,34,35). The van der Waals surface area contributed by atoms with E-state index in [1.54, 1.807) is 43.3 Å². The molecule has 0 radical (unpaired) electrons. The molecule has 0 unspecified atom stereocenters. The smallest absolute Gasteiger partial charge is 0.298 e. The first-order valence-corrected chi connectivity index (χ1v) is 12.8. The lowest BCUT2D eigenvalue weighted by Gasteiger charge is -2.12. The van der Waals surface area contributed by atoms with E-state index in [-0.39, 0.29) is 22.0 Å². The number of halogens is 2. The zero-order chi connectivity index (χ0) is 26.9. The Labute approximate surface area is 222 Å². The van der Waals surface area contributed by atoms with Crippen molar-refractivity contribution in [3.8, 4) is 11.5 Å². The number of ether oxygens (including phenoxy) is 1. The lowest BCUT2D eigenvalue weighted by molar-refractivity contribution is 0.102. The molecule has 3 N–H and O–H groups in total. The molecule has 0 aliphatic rings. The van der Waals surface area contributed by atoms with Gasteiger partial charge in [0.1, 0.15) is 22.0 Å². The number of phenolic OH excluding ortho intramolecular Hbond substituents is 1. The van der Waals surface area contributed by atoms with Crippen LogP contribution in [0.15, 0.2) is 75.8 Å². The number of aryl methyl sites for hydroxylation is 1. The van der Waals surface area contributed by atoms with Crippen LogP contribution in [0.4, 0.5) is 17.1 Å². The number of aromatic hydroxyl groups is 1. The van der Waals surface area contributed by atoms with Gasteiger partial charge in [0, 0.05) is 22.2 Å². The highest BCUT2D eigenvalue weighted by Crippen LogP contribution is 2.41. The van der Waals surface area contributed by atoms with Gasteiger partial charge in [-0.2, -0.15) is 8.42 Å². The Bertz CT molecular complexity index is 1690. The lowest BCUT2D eigenvalue weighted by Crippen LogP contribution is -2.12. The van der Waals surface area contributed by atoms with Crippen molar-refractivity contribution in [1.82, 2.24) is 0 Å². The summed E-state index contributed by atoms with van der Waals surface area (Å²) < 4.78 is 38.7. The number of hydrogen-bond acceptors (Lipinski definition) is 7. The molecule has 0 aliphatic carbocycles. The third-order valence-corrected chi connectivity index (χ3v) is 7.14. The topological polar surface area (TPSA) is 138 Å². The van der Waals surface area contributed by atoms with Crippen LogP contribution in [0, 0.1) is 6.92 Å². The summed E-state index contributed by atoms with van der Waals surface area (Å²) in [5.41, 5.74) is 0.269. The molecule has 1 amide bonds. The molecule has 12 heteroatoms. The summed E-state index contributed by atoms with van der Waals surface area (Å²) in [4.78, 5) is 12.5. The molecule has 37 heavy (non-hydrogen) atoms. The molecular formula is C25H19Cl2N3O6S. The van der Waals surface area contributed by atoms with E-state index in [0.717, 1.165) is 0 Å². The number of azo groups is 1. The van der Waals surface area contributed by atoms with Crippen LogP contribution < -0.4 is 10.1 Å². The van der Waals surface area contributed by atoms with E-state index in [9.17, 15) is 22.9 Å². The van der Waals surface area contributed by atoms with Gasteiger partial charge in [0.15, 0.2) is 5.75 Å². The Kier molecular flexibility index (Phi) is 7.37. The molecule has 0 fully saturated rings. The van der Waals surface area contributed by atoms with Gasteiger partial charge in [0.2, 0.25) is 0 Å². The van der Waals surface area contributed by atoms with Gasteiger partial charge in [-0.1, -0.05) is 53.5 Å². The van der Waals surface area contributed by atoms with Crippen molar-refractivity contribution in [1.29, 1.82) is 0 Å². The fraction of sp³-hybridized carbons (Fsp3) is 0.0800. The van der Waals surface area contributed by atoms with Crippen LogP contribution in [0.2, 0.25) is 10.0 Å². The van der Waals surface area contributed by atoms with Gasteiger partial charge in [-0.15, -0.1) is 10.2 Å². The normalized spacial score (nSPS) is 11.7. The van der Waals surface area contributed by atoms with Crippen LogP contribution >= 0.6 is 23.2 Å². The molecular weight excluding hydrogens is 541 g/mol. The van der Waals surface area contributed by atoms with E-state index in [1.165, 1.54) is 31.4 Å². The Balaban J connectivity index is 1.83. The summed E-state index contributed by atoms with van der Waals surface area (Å²) in [7, 11) is -3.29. The molecule has 190 valence electrons. The molecule has 0 spiro atoms. The molecule has 0 saturated carbocycles. The van der Waals surface area contributed by atoms with Crippen LogP contribution in [0.5, 0.6) is 11.5 Å². The predicted octanol–water partition coefficient (Wildman–Crippen LogP) is 7.08. The number of anilines is 1. The van der Waals surface area contributed by atoms with Crippen LogP contribution in [0.25, 0.3) is 10.8 Å². The fourth-order valence-corrected chi connectivity index (χ4v) is 5.05. The Morgan fingerprint density at radius 1 is 1.03 bits per heavy atom. The number of phenols is 1. The zero-order valence-electron chi connectivity index (χ0n) is 19.4. The van der Waals surface area contributed by atoms with E-state index in [2.05, 4.69) is 15.5 Å². The molecule has 4 aromatic rings. The predicted molar refractivity (Wildman–Crippen MR) is 142 cm³/mol. The van der Waals surface area contributed by atoms with Crippen LogP contribution in [-0.2, 0) is 10.1 Å². The monoisotopic (exact) mass is 559 g/mol. The largest absolute Gasteiger partial charge is 0.505 e. The highest BCUT2D eigenvalue weighted by atomic mass is 35.5. The maximum Gasteiger partial charge on any atom is 0.298 e. The quantitative estimate of drug-likeness (QED) is 0.170. The number of amides is 1. The van der Waals surface area contributed by atoms with Crippen molar-refractivity contribution >= 4 is 67.1 Å². The van der Waals surface area contributed by atoms with Crippen molar-refractivity contribution in [2.75, 3.05) is 12.4 Å². The number of nitrogens with one attached hydrogen (secondary N) is 1. The Morgan fingerprint density at radius 2 is 1.76 bits per heavy atom. The second kappa shape index (κ2) is 10.3. The van der Waals surface area contributed by atoms with Gasteiger partial charge >= 0.3 is 0 Å². The molecule has 0 bridgehead atoms. The minimum absolute atomic E-state index is 0.0927. The maximum atomic E-state index is 13.1. The Morgan fingerprint density at radius 3 is 2.46 bits per heavy atom. The summed E-state index contributed by atoms with van der Waals surface area (Å²) in [5.74, 6) is -0.743. The van der Waals surface area contributed by atoms with Gasteiger partial charge in [0.25, 0.3) is 16.0 Å². The third-order valence-electron chi connectivity index (χ3n) is 5.39. The Hall–Kier alpha value is -3.70. The summed E-state index contributed by atoms with van der Waals surface area (Å²) in [6.45, 7) is 1.56. The molecule has 0 saturated heterocycles. The number of fused-ring (bicyclic) bond motifs is 1. The number of hydrogen-bond donors (Lipinski definition) is 3. The van der Waals surface area contributed by atoms with E-state index in [1.807, 2.05) is 0 Å². The molecule has 0 aliphatic heterocycles. The number of nitrogens with zero attached hydrogens (tertiary/aromatic N) is 2. The van der Waals surface area contributed by atoms with E-state index >= 15 is 0 Å². The summed E-state index contributed by atoms with van der Waals surface area (Å²) in [6.07, 6.45) is 0. The molecule has 0 heterocycles. The highest BCUT2D eigenvalue weighted by molar-refractivity contribution is 7.86. The van der Waals surface area contributed by atoms with E-state index in [4.69, 9.17) is 27.9 Å². The summed E-state index contributed by atoms with van der Waals surface area (Å²) in [5, 5.41) is 22.8. The lowest BCUT2D eigenvalue weighted by atomic mass is 10.0. The maximum absolute atomic E-state index is 13.1. The fourth-order valence-electron chi connectivity index (χ4n) is 3.62. The number of carbonyl (C=O) groups excluding carboxylic acids is 1. The highest BCUT2D eigenvalue weighted by Gasteiger charge is 2.23. The molecule has 4 rings (SSSR count). The van der Waals surface area contributed by atoms with Crippen LogP contribution in [-0.4, -0.2) is 31.1 Å². The first-order valence-electron chi connectivity index (χ1n) is 10.6. The molecule has 0 atom stereocenters. The van der Waals surface area contributed by atoms with Gasteiger partial charge < -0.3 is 15.2 Å². The SMILES string of the molecule is COc1cc(Cl)cc(NC(=O)c2cc3ccccc3c(N=Nc3ccc(C)c(Cl)c3S(=O)(=O)O)c2O)c1. The van der Waals surface area contributed by atoms with Gasteiger partial charge in [-0.05, 0) is 42.1 Å². The second-order valence-electron chi connectivity index (χ2n) is 7.90. The third kappa shape index (κ3) is 5.52. The molecule has 9 nitrogen and oxygen atoms in total. The van der Waals surface area contributed by atoms with Crippen molar-refractivity contribution in [3.63, 3.8) is 0 Å². The molecule has 0 aromatic heterocycles. The number of carbonyl (C=O) groups is 1. The van der Waals surface area contributed by atoms with E-state index in [0.29, 0.717) is 32.8 Å².